The van der Waals surface area contributed by atoms with E-state index in [1.807, 2.05) is 11.8 Å². The minimum Gasteiger partial charge on any atom is -0.343 e. The molecule has 7 heteroatoms. The summed E-state index contributed by atoms with van der Waals surface area (Å²) in [5.74, 6) is 0.582. The van der Waals surface area contributed by atoms with Gasteiger partial charge in [-0.15, -0.1) is 0 Å². The first kappa shape index (κ1) is 16.4. The molecule has 0 aliphatic carbocycles. The summed E-state index contributed by atoms with van der Waals surface area (Å²) >= 11 is 0. The number of para-hydroxylation sites is 1. The first-order valence-electron chi connectivity index (χ1n) is 8.29. The predicted octanol–water partition coefficient (Wildman–Crippen LogP) is 1.89. The van der Waals surface area contributed by atoms with Gasteiger partial charge in [0.1, 0.15) is 11.6 Å². The Labute approximate surface area is 139 Å². The average molecular weight is 332 g/mol. The van der Waals surface area contributed by atoms with Crippen molar-refractivity contribution < 1.29 is 9.18 Å². The van der Waals surface area contributed by atoms with Gasteiger partial charge in [0.05, 0.1) is 5.69 Å². The van der Waals surface area contributed by atoms with Crippen molar-refractivity contribution in [3.05, 3.63) is 46.4 Å². The molecular weight excluding hydrogens is 311 g/mol. The van der Waals surface area contributed by atoms with E-state index in [2.05, 4.69) is 10.2 Å². The lowest BCUT2D eigenvalue weighted by atomic mass is 9.93. The van der Waals surface area contributed by atoms with Crippen LogP contribution in [0.4, 0.5) is 4.39 Å². The maximum atomic E-state index is 14.0. The topological polar surface area (TPSA) is 71.0 Å². The summed E-state index contributed by atoms with van der Waals surface area (Å²) in [7, 11) is 0. The number of nitrogens with one attached hydrogen (secondary N) is 1. The van der Waals surface area contributed by atoms with E-state index in [9.17, 15) is 14.0 Å². The zero-order valence-corrected chi connectivity index (χ0v) is 13.7. The molecule has 0 spiro atoms. The fraction of sp³-hybridized carbons (Fsp3) is 0.471. The molecule has 0 bridgehead atoms. The van der Waals surface area contributed by atoms with Gasteiger partial charge >= 0.3 is 5.69 Å². The number of nitrogens with zero attached hydrogens (tertiary/aromatic N) is 3. The van der Waals surface area contributed by atoms with Crippen molar-refractivity contribution in [1.82, 2.24) is 19.7 Å². The molecule has 1 saturated heterocycles. The molecule has 1 aromatic heterocycles. The largest absolute Gasteiger partial charge is 0.348 e. The third-order valence-electron chi connectivity index (χ3n) is 4.58. The number of likely N-dealkylation sites (tertiary alicyclic amines) is 1. The Morgan fingerprint density at radius 1 is 1.33 bits per heavy atom. The minimum absolute atomic E-state index is 0.177. The van der Waals surface area contributed by atoms with Crippen LogP contribution >= 0.6 is 0 Å². The molecule has 2 heterocycles. The number of hydrogen-bond donors (Lipinski definition) is 1. The van der Waals surface area contributed by atoms with Crippen molar-refractivity contribution in [3.8, 4) is 5.69 Å². The zero-order valence-electron chi connectivity index (χ0n) is 13.7. The van der Waals surface area contributed by atoms with Gasteiger partial charge in [-0.2, -0.15) is 5.10 Å². The van der Waals surface area contributed by atoms with Crippen molar-refractivity contribution >= 4 is 5.91 Å². The first-order valence-corrected chi connectivity index (χ1v) is 8.29. The molecule has 3 rings (SSSR count). The van der Waals surface area contributed by atoms with Crippen molar-refractivity contribution in [2.45, 2.75) is 32.6 Å². The van der Waals surface area contributed by atoms with Gasteiger partial charge in [0.15, 0.2) is 0 Å². The van der Waals surface area contributed by atoms with E-state index < -0.39 is 11.5 Å². The molecule has 128 valence electrons. The molecule has 24 heavy (non-hydrogen) atoms. The number of H-pyrrole nitrogens is 1. The molecule has 1 aromatic carbocycles. The fourth-order valence-electron chi connectivity index (χ4n) is 3.22. The molecule has 1 fully saturated rings. The van der Waals surface area contributed by atoms with Crippen LogP contribution < -0.4 is 5.69 Å². The Morgan fingerprint density at radius 3 is 2.71 bits per heavy atom. The molecular formula is C17H21FN4O2. The summed E-state index contributed by atoms with van der Waals surface area (Å²) in [6.45, 7) is 3.32. The highest BCUT2D eigenvalue weighted by Crippen LogP contribution is 2.22. The SMILES string of the molecule is CCC(=O)N1CCC(Cc2n[nH]c(=O)n2-c2ccccc2F)CC1. The lowest BCUT2D eigenvalue weighted by molar-refractivity contribution is -0.132. The highest BCUT2D eigenvalue weighted by atomic mass is 19.1. The number of halogens is 1. The van der Waals surface area contributed by atoms with Gasteiger partial charge in [0.2, 0.25) is 5.91 Å². The molecule has 0 radical (unpaired) electrons. The number of amides is 1. The maximum Gasteiger partial charge on any atom is 0.348 e. The number of carbonyl (C=O) groups excluding carboxylic acids is 1. The van der Waals surface area contributed by atoms with Crippen molar-refractivity contribution in [2.24, 2.45) is 5.92 Å². The van der Waals surface area contributed by atoms with Crippen molar-refractivity contribution in [3.63, 3.8) is 0 Å². The standard InChI is InChI=1S/C17H21FN4O2/c1-2-16(23)21-9-7-12(8-10-21)11-15-19-20-17(24)22(15)14-6-4-3-5-13(14)18/h3-6,12H,2,7-11H2,1H3,(H,20,24). The van der Waals surface area contributed by atoms with Crippen LogP contribution in [-0.2, 0) is 11.2 Å². The number of carbonyl (C=O) groups is 1. The van der Waals surface area contributed by atoms with E-state index in [-0.39, 0.29) is 11.6 Å². The fourth-order valence-corrected chi connectivity index (χ4v) is 3.22. The summed E-state index contributed by atoms with van der Waals surface area (Å²) in [5.41, 5.74) is -0.224. The second-order valence-corrected chi connectivity index (χ2v) is 6.11. The van der Waals surface area contributed by atoms with Crippen LogP contribution in [0.3, 0.4) is 0 Å². The molecule has 1 amide bonds. The molecule has 1 aliphatic rings. The normalized spacial score (nSPS) is 15.7. The number of aromatic nitrogens is 3. The molecule has 1 aliphatic heterocycles. The summed E-state index contributed by atoms with van der Waals surface area (Å²) in [6.07, 6.45) is 2.84. The van der Waals surface area contributed by atoms with Crippen LogP contribution in [0.25, 0.3) is 5.69 Å². The van der Waals surface area contributed by atoms with Crippen molar-refractivity contribution in [2.75, 3.05) is 13.1 Å². The average Bonchev–Trinajstić information content (AvgIpc) is 2.96. The van der Waals surface area contributed by atoms with Gasteiger partial charge in [-0.25, -0.2) is 18.9 Å². The highest BCUT2D eigenvalue weighted by molar-refractivity contribution is 5.75. The molecule has 0 saturated carbocycles. The smallest absolute Gasteiger partial charge is 0.343 e. The second-order valence-electron chi connectivity index (χ2n) is 6.11. The van der Waals surface area contributed by atoms with Gasteiger partial charge < -0.3 is 4.90 Å². The Hall–Kier alpha value is -2.44. The van der Waals surface area contributed by atoms with Crippen LogP contribution in [0.5, 0.6) is 0 Å². The minimum atomic E-state index is -0.453. The number of hydrogen-bond acceptors (Lipinski definition) is 3. The zero-order chi connectivity index (χ0) is 17.1. The second kappa shape index (κ2) is 6.98. The first-order chi connectivity index (χ1) is 11.6. The molecule has 6 nitrogen and oxygen atoms in total. The van der Waals surface area contributed by atoms with E-state index in [1.165, 1.54) is 10.6 Å². The Morgan fingerprint density at radius 2 is 2.04 bits per heavy atom. The van der Waals surface area contributed by atoms with E-state index in [1.54, 1.807) is 18.2 Å². The number of piperidine rings is 1. The Balaban J connectivity index is 1.75. The van der Waals surface area contributed by atoms with E-state index in [0.717, 1.165) is 25.9 Å². The molecule has 0 atom stereocenters. The quantitative estimate of drug-likeness (QED) is 0.929. The Bertz CT molecular complexity index is 775. The van der Waals surface area contributed by atoms with Crippen LogP contribution in [0.1, 0.15) is 32.0 Å². The van der Waals surface area contributed by atoms with Gasteiger partial charge in [-0.05, 0) is 30.9 Å². The van der Waals surface area contributed by atoms with E-state index >= 15 is 0 Å². The molecule has 2 aromatic rings. The van der Waals surface area contributed by atoms with Gasteiger partial charge in [0, 0.05) is 25.9 Å². The van der Waals surface area contributed by atoms with Gasteiger partial charge in [-0.3, -0.25) is 4.79 Å². The summed E-state index contributed by atoms with van der Waals surface area (Å²) in [5, 5.41) is 6.49. The predicted molar refractivity (Wildman–Crippen MR) is 87.4 cm³/mol. The van der Waals surface area contributed by atoms with Crippen LogP contribution in [0, 0.1) is 11.7 Å². The van der Waals surface area contributed by atoms with Crippen LogP contribution in [0.15, 0.2) is 29.1 Å². The monoisotopic (exact) mass is 332 g/mol. The number of rotatable bonds is 4. The summed E-state index contributed by atoms with van der Waals surface area (Å²) in [4.78, 5) is 25.7. The number of aromatic amines is 1. The van der Waals surface area contributed by atoms with Crippen LogP contribution in [0.2, 0.25) is 0 Å². The molecule has 0 unspecified atom stereocenters. The lowest BCUT2D eigenvalue weighted by Crippen LogP contribution is -2.38. The maximum absolute atomic E-state index is 14.0. The van der Waals surface area contributed by atoms with Crippen LogP contribution in [-0.4, -0.2) is 38.7 Å². The van der Waals surface area contributed by atoms with Crippen molar-refractivity contribution in [1.29, 1.82) is 0 Å². The number of benzene rings is 1. The van der Waals surface area contributed by atoms with E-state index in [4.69, 9.17) is 0 Å². The van der Waals surface area contributed by atoms with Gasteiger partial charge in [0.25, 0.3) is 0 Å². The summed E-state index contributed by atoms with van der Waals surface area (Å²) in [6, 6.07) is 6.17. The molecule has 1 N–H and O–H groups in total. The third-order valence-corrected chi connectivity index (χ3v) is 4.58. The lowest BCUT2D eigenvalue weighted by Gasteiger charge is -2.31. The highest BCUT2D eigenvalue weighted by Gasteiger charge is 2.24. The Kier molecular flexibility index (Phi) is 4.78. The van der Waals surface area contributed by atoms with Gasteiger partial charge in [-0.1, -0.05) is 19.1 Å². The third kappa shape index (κ3) is 3.25. The summed E-state index contributed by atoms with van der Waals surface area (Å²) < 4.78 is 15.3. The van der Waals surface area contributed by atoms with E-state index in [0.29, 0.717) is 24.6 Å².